The van der Waals surface area contributed by atoms with Crippen molar-refractivity contribution < 1.29 is 46.6 Å². The molecule has 0 radical (unpaired) electrons. The highest BCUT2D eigenvalue weighted by Crippen LogP contribution is 2.43. The SMILES string of the molecule is CCCCCCCCCCCCCCCCCCC(=O)OCC(COP(=O)(O)OCC[N+](C)(C)C)OC(=O)C[N+](C)=C(N)N. The second-order valence-electron chi connectivity index (χ2n) is 12.7. The molecule has 260 valence electrons. The summed E-state index contributed by atoms with van der Waals surface area (Å²) in [4.78, 5) is 34.6. The number of phosphoric acid groups is 1. The van der Waals surface area contributed by atoms with Gasteiger partial charge in [-0.3, -0.25) is 29.9 Å². The molecular formula is C31H65N4O8P+2. The first-order valence-corrected chi connectivity index (χ1v) is 18.1. The van der Waals surface area contributed by atoms with Gasteiger partial charge < -0.3 is 18.9 Å². The van der Waals surface area contributed by atoms with Crippen LogP contribution < -0.4 is 11.5 Å². The van der Waals surface area contributed by atoms with Gasteiger partial charge in [-0.05, 0) is 6.42 Å². The van der Waals surface area contributed by atoms with E-state index in [1.54, 1.807) is 0 Å². The van der Waals surface area contributed by atoms with Crippen LogP contribution in [0.2, 0.25) is 0 Å². The summed E-state index contributed by atoms with van der Waals surface area (Å²) in [5.74, 6) is -1.23. The normalized spacial score (nSPS) is 13.7. The number of likely N-dealkylation sites (N-methyl/N-ethyl adjacent to an activating group) is 2. The maximum absolute atomic E-state index is 12.3. The highest BCUT2D eigenvalue weighted by molar-refractivity contribution is 7.47. The zero-order chi connectivity index (χ0) is 33.3. The Morgan fingerprint density at radius 3 is 1.70 bits per heavy atom. The Kier molecular flexibility index (Phi) is 24.5. The monoisotopic (exact) mass is 652 g/mol. The first kappa shape index (κ1) is 42.3. The van der Waals surface area contributed by atoms with Crippen LogP contribution in [-0.2, 0) is 32.7 Å². The molecule has 0 saturated heterocycles. The number of nitrogens with two attached hydrogens (primary N) is 2. The second kappa shape index (κ2) is 25.5. The smallest absolute Gasteiger partial charge is 0.462 e. The van der Waals surface area contributed by atoms with Crippen molar-refractivity contribution in [1.29, 1.82) is 0 Å². The lowest BCUT2D eigenvalue weighted by Crippen LogP contribution is -2.38. The van der Waals surface area contributed by atoms with Crippen LogP contribution in [0.1, 0.15) is 116 Å². The van der Waals surface area contributed by atoms with E-state index in [4.69, 9.17) is 30.0 Å². The van der Waals surface area contributed by atoms with Crippen LogP contribution in [0.4, 0.5) is 0 Å². The average Bonchev–Trinajstić information content (AvgIpc) is 2.93. The molecule has 0 aliphatic heterocycles. The average molecular weight is 653 g/mol. The van der Waals surface area contributed by atoms with Gasteiger partial charge in [-0.25, -0.2) is 9.36 Å². The topological polar surface area (TPSA) is 163 Å². The number of rotatable bonds is 29. The number of phosphoric ester groups is 1. The summed E-state index contributed by atoms with van der Waals surface area (Å²) >= 11 is 0. The van der Waals surface area contributed by atoms with Crippen LogP contribution in [-0.4, -0.2) is 99.1 Å². The minimum Gasteiger partial charge on any atom is -0.462 e. The standard InChI is InChI=1S/C31H63N4O8P/c1-6-7-8-9-10-11-12-13-14-15-16-17-18-19-20-21-22-29(36)40-26-28(43-30(37)25-34(2)31(32)33)27-42-44(38,39)41-24-23-35(3,4)5/h28H,6-27H2,1-5H3,(H3-,32,33,38,39)/p+2. The molecule has 0 heterocycles. The zero-order valence-corrected chi connectivity index (χ0v) is 29.3. The number of quaternary nitrogens is 1. The highest BCUT2D eigenvalue weighted by atomic mass is 31.2. The van der Waals surface area contributed by atoms with E-state index in [-0.39, 0.29) is 32.1 Å². The molecule has 0 aromatic carbocycles. The summed E-state index contributed by atoms with van der Waals surface area (Å²) < 4.78 is 34.7. The minimum absolute atomic E-state index is 0.00751. The Labute approximate surface area is 267 Å². The maximum Gasteiger partial charge on any atom is 0.472 e. The van der Waals surface area contributed by atoms with Crippen molar-refractivity contribution in [3.63, 3.8) is 0 Å². The van der Waals surface area contributed by atoms with Crippen molar-refractivity contribution in [1.82, 2.24) is 0 Å². The molecule has 0 fully saturated rings. The van der Waals surface area contributed by atoms with E-state index in [1.165, 1.54) is 95.1 Å². The van der Waals surface area contributed by atoms with Crippen LogP contribution >= 0.6 is 7.82 Å². The van der Waals surface area contributed by atoms with E-state index in [0.29, 0.717) is 17.4 Å². The fourth-order valence-corrected chi connectivity index (χ4v) is 5.09. The molecule has 0 aromatic rings. The number of carbonyl (C=O) groups is 2. The van der Waals surface area contributed by atoms with Gasteiger partial charge in [0.05, 0.1) is 34.8 Å². The molecule has 12 nitrogen and oxygen atoms in total. The molecule has 13 heteroatoms. The second-order valence-corrected chi connectivity index (χ2v) is 14.2. The Hall–Kier alpha value is -1.72. The number of carbonyl (C=O) groups excluding carboxylic acids is 2. The number of ether oxygens (including phenoxy) is 2. The Morgan fingerprint density at radius 1 is 0.773 bits per heavy atom. The number of guanidine groups is 1. The molecule has 0 amide bonds. The summed E-state index contributed by atoms with van der Waals surface area (Å²) in [5, 5.41) is 0. The number of unbranched alkanes of at least 4 members (excludes halogenated alkanes) is 15. The third-order valence-electron chi connectivity index (χ3n) is 7.21. The number of hydrogen-bond donors (Lipinski definition) is 3. The molecule has 2 unspecified atom stereocenters. The Morgan fingerprint density at radius 2 is 1.25 bits per heavy atom. The predicted molar refractivity (Wildman–Crippen MR) is 174 cm³/mol. The van der Waals surface area contributed by atoms with Crippen molar-refractivity contribution in [3.05, 3.63) is 0 Å². The van der Waals surface area contributed by atoms with E-state index in [1.807, 2.05) is 21.1 Å². The first-order chi connectivity index (χ1) is 20.8. The third kappa shape index (κ3) is 27.8. The number of hydrogen-bond acceptors (Lipinski definition) is 7. The van der Waals surface area contributed by atoms with Crippen molar-refractivity contribution in [2.24, 2.45) is 11.5 Å². The van der Waals surface area contributed by atoms with Crippen molar-refractivity contribution in [3.8, 4) is 0 Å². The lowest BCUT2D eigenvalue weighted by Gasteiger charge is -2.24. The molecule has 44 heavy (non-hydrogen) atoms. The summed E-state index contributed by atoms with van der Waals surface area (Å²) in [5.41, 5.74) is 10.9. The molecule has 0 spiro atoms. The Balaban J connectivity index is 4.27. The molecular weight excluding hydrogens is 587 g/mol. The summed E-state index contributed by atoms with van der Waals surface area (Å²) in [7, 11) is 2.84. The Bertz CT molecular complexity index is 847. The molecule has 0 aliphatic carbocycles. The molecule has 0 aromatic heterocycles. The van der Waals surface area contributed by atoms with Gasteiger partial charge in [-0.1, -0.05) is 103 Å². The van der Waals surface area contributed by atoms with Gasteiger partial charge in [-0.15, -0.1) is 0 Å². The summed E-state index contributed by atoms with van der Waals surface area (Å²) in [6.07, 6.45) is 19.1. The fourth-order valence-electron chi connectivity index (χ4n) is 4.34. The maximum atomic E-state index is 12.3. The van der Waals surface area contributed by atoms with Gasteiger partial charge in [-0.2, -0.15) is 0 Å². The lowest BCUT2D eigenvalue weighted by molar-refractivity contribution is -0.870. The molecule has 2 atom stereocenters. The molecule has 0 rings (SSSR count). The lowest BCUT2D eigenvalue weighted by atomic mass is 10.0. The van der Waals surface area contributed by atoms with E-state index in [9.17, 15) is 19.0 Å². The van der Waals surface area contributed by atoms with Crippen LogP contribution in [0, 0.1) is 0 Å². The van der Waals surface area contributed by atoms with Crippen LogP contribution in [0.15, 0.2) is 0 Å². The van der Waals surface area contributed by atoms with E-state index >= 15 is 0 Å². The van der Waals surface area contributed by atoms with Crippen molar-refractivity contribution in [2.45, 2.75) is 122 Å². The van der Waals surface area contributed by atoms with Gasteiger partial charge >= 0.3 is 25.7 Å². The third-order valence-corrected chi connectivity index (χ3v) is 8.19. The predicted octanol–water partition coefficient (Wildman–Crippen LogP) is 4.85. The van der Waals surface area contributed by atoms with E-state index in [2.05, 4.69) is 6.92 Å². The molecule has 5 N–H and O–H groups in total. The number of esters is 2. The molecule has 0 aliphatic rings. The number of nitrogens with zero attached hydrogens (tertiary/aromatic N) is 2. The first-order valence-electron chi connectivity index (χ1n) is 16.6. The molecule has 0 bridgehead atoms. The van der Waals surface area contributed by atoms with Gasteiger partial charge in [0.25, 0.3) is 0 Å². The highest BCUT2D eigenvalue weighted by Gasteiger charge is 2.27. The van der Waals surface area contributed by atoms with Crippen LogP contribution in [0.3, 0.4) is 0 Å². The van der Waals surface area contributed by atoms with Crippen LogP contribution in [0.25, 0.3) is 0 Å². The van der Waals surface area contributed by atoms with Crippen molar-refractivity contribution in [2.75, 3.05) is 61.1 Å². The van der Waals surface area contributed by atoms with Gasteiger partial charge in [0, 0.05) is 6.42 Å². The van der Waals surface area contributed by atoms with Gasteiger partial charge in [0.15, 0.2) is 12.6 Å². The van der Waals surface area contributed by atoms with Gasteiger partial charge in [0.2, 0.25) is 0 Å². The zero-order valence-electron chi connectivity index (χ0n) is 28.4. The van der Waals surface area contributed by atoms with Crippen molar-refractivity contribution >= 4 is 25.7 Å². The largest absolute Gasteiger partial charge is 0.472 e. The van der Waals surface area contributed by atoms with E-state index < -0.39 is 32.5 Å². The molecule has 0 saturated carbocycles. The van der Waals surface area contributed by atoms with E-state index in [0.717, 1.165) is 12.8 Å². The quantitative estimate of drug-likeness (QED) is 0.0194. The summed E-state index contributed by atoms with van der Waals surface area (Å²) in [6.45, 7) is 1.64. The fraction of sp³-hybridized carbons (Fsp3) is 0.903. The minimum atomic E-state index is -4.41. The summed E-state index contributed by atoms with van der Waals surface area (Å²) in [6, 6.07) is 0. The van der Waals surface area contributed by atoms with Crippen LogP contribution in [0.5, 0.6) is 0 Å². The van der Waals surface area contributed by atoms with Gasteiger partial charge in [0.1, 0.15) is 19.8 Å².